The van der Waals surface area contributed by atoms with Gasteiger partial charge in [-0.05, 0) is 12.1 Å². The smallest absolute Gasteiger partial charge is 0.220 e. The lowest BCUT2D eigenvalue weighted by Gasteiger charge is -2.09. The van der Waals surface area contributed by atoms with Crippen molar-refractivity contribution in [1.29, 1.82) is 0 Å². The third-order valence-electron chi connectivity index (χ3n) is 2.05. The lowest BCUT2D eigenvalue weighted by Crippen LogP contribution is -2.08. The number of hydrogen-bond donors (Lipinski definition) is 1. The fourth-order valence-electron chi connectivity index (χ4n) is 1.42. The van der Waals surface area contributed by atoms with E-state index in [1.54, 1.807) is 0 Å². The number of aliphatic imine (C=N–C) groups is 1. The molecule has 0 aromatic heterocycles. The molecule has 1 aliphatic rings. The van der Waals surface area contributed by atoms with E-state index >= 15 is 0 Å². The maximum absolute atomic E-state index is 8.70. The lowest BCUT2D eigenvalue weighted by molar-refractivity contribution is 0.200. The Kier molecular flexibility index (Phi) is 3.19. The Bertz CT molecular complexity index is 363. The highest BCUT2D eigenvalue weighted by atomic mass is 16.5. The van der Waals surface area contributed by atoms with Crippen molar-refractivity contribution in [3.8, 4) is 5.75 Å². The third-order valence-corrected chi connectivity index (χ3v) is 2.05. The van der Waals surface area contributed by atoms with E-state index < -0.39 is 0 Å². The second-order valence-electron chi connectivity index (χ2n) is 3.10. The van der Waals surface area contributed by atoms with Gasteiger partial charge in [0.25, 0.3) is 0 Å². The van der Waals surface area contributed by atoms with Crippen LogP contribution in [-0.2, 0) is 4.74 Å². The van der Waals surface area contributed by atoms with Crippen molar-refractivity contribution in [3.05, 3.63) is 29.8 Å². The Morgan fingerprint density at radius 1 is 1.40 bits per heavy atom. The number of nitrogens with zero attached hydrogens (tertiary/aromatic N) is 1. The van der Waals surface area contributed by atoms with Crippen molar-refractivity contribution >= 4 is 5.90 Å². The number of ether oxygens (including phenoxy) is 2. The molecule has 1 aromatic carbocycles. The van der Waals surface area contributed by atoms with Crippen LogP contribution < -0.4 is 4.74 Å². The molecule has 0 bridgehead atoms. The zero-order valence-corrected chi connectivity index (χ0v) is 8.35. The van der Waals surface area contributed by atoms with E-state index in [9.17, 15) is 0 Å². The summed E-state index contributed by atoms with van der Waals surface area (Å²) in [6.45, 7) is 1.61. The van der Waals surface area contributed by atoms with Gasteiger partial charge in [0.15, 0.2) is 0 Å². The molecule has 80 valence electrons. The Morgan fingerprint density at radius 3 is 3.00 bits per heavy atom. The van der Waals surface area contributed by atoms with Gasteiger partial charge in [-0.3, -0.25) is 0 Å². The van der Waals surface area contributed by atoms with Crippen molar-refractivity contribution < 1.29 is 14.6 Å². The van der Waals surface area contributed by atoms with Gasteiger partial charge in [0, 0.05) is 0 Å². The molecule has 0 spiro atoms. The summed E-state index contributed by atoms with van der Waals surface area (Å²) in [4.78, 5) is 4.23. The van der Waals surface area contributed by atoms with Crippen molar-refractivity contribution in [2.24, 2.45) is 4.99 Å². The summed E-state index contributed by atoms with van der Waals surface area (Å²) in [5.74, 6) is 1.33. The number of aliphatic hydroxyl groups is 1. The summed E-state index contributed by atoms with van der Waals surface area (Å²) in [7, 11) is 0. The minimum atomic E-state index is 0.00165. The molecule has 4 heteroatoms. The van der Waals surface area contributed by atoms with Crippen LogP contribution in [0.15, 0.2) is 29.3 Å². The quantitative estimate of drug-likeness (QED) is 0.795. The van der Waals surface area contributed by atoms with Crippen LogP contribution in [0.1, 0.15) is 5.56 Å². The summed E-state index contributed by atoms with van der Waals surface area (Å²) >= 11 is 0. The molecule has 0 radical (unpaired) electrons. The molecular weight excluding hydrogens is 194 g/mol. The Hall–Kier alpha value is -1.55. The van der Waals surface area contributed by atoms with Gasteiger partial charge in [-0.1, -0.05) is 12.1 Å². The van der Waals surface area contributed by atoms with E-state index in [1.807, 2.05) is 24.3 Å². The normalized spacial score (nSPS) is 14.6. The molecule has 0 unspecified atom stereocenters. The fourth-order valence-corrected chi connectivity index (χ4v) is 1.42. The molecule has 4 nitrogen and oxygen atoms in total. The second-order valence-corrected chi connectivity index (χ2v) is 3.10. The van der Waals surface area contributed by atoms with Crippen LogP contribution >= 0.6 is 0 Å². The average molecular weight is 207 g/mol. The maximum Gasteiger partial charge on any atom is 0.220 e. The van der Waals surface area contributed by atoms with Crippen molar-refractivity contribution in [3.63, 3.8) is 0 Å². The fraction of sp³-hybridized carbons (Fsp3) is 0.364. The monoisotopic (exact) mass is 207 g/mol. The number of rotatable bonds is 4. The van der Waals surface area contributed by atoms with E-state index in [0.717, 1.165) is 5.56 Å². The molecule has 1 aromatic rings. The molecule has 1 aliphatic heterocycles. The molecular formula is C11H13NO3. The Labute approximate surface area is 88.2 Å². The first-order chi connectivity index (χ1) is 7.42. The molecule has 0 amide bonds. The predicted molar refractivity (Wildman–Crippen MR) is 56.4 cm³/mol. The van der Waals surface area contributed by atoms with Gasteiger partial charge in [-0.2, -0.15) is 0 Å². The highest BCUT2D eigenvalue weighted by molar-refractivity contribution is 5.97. The number of aliphatic hydroxyl groups excluding tert-OH is 1. The summed E-state index contributed by atoms with van der Waals surface area (Å²) in [6.07, 6.45) is 0. The highest BCUT2D eigenvalue weighted by Gasteiger charge is 2.14. The molecule has 2 rings (SSSR count). The summed E-state index contributed by atoms with van der Waals surface area (Å²) in [5, 5.41) is 8.70. The topological polar surface area (TPSA) is 51.0 Å². The molecule has 0 aliphatic carbocycles. The van der Waals surface area contributed by atoms with Crippen LogP contribution in [0.3, 0.4) is 0 Å². The highest BCUT2D eigenvalue weighted by Crippen LogP contribution is 2.20. The molecule has 15 heavy (non-hydrogen) atoms. The van der Waals surface area contributed by atoms with Crippen molar-refractivity contribution in [1.82, 2.24) is 0 Å². The number of hydrogen-bond acceptors (Lipinski definition) is 4. The SMILES string of the molecule is OCCOc1ccccc1C1=NCCO1. The zero-order chi connectivity index (χ0) is 10.5. The largest absolute Gasteiger partial charge is 0.490 e. The Balaban J connectivity index is 2.21. The molecule has 1 heterocycles. The third kappa shape index (κ3) is 2.27. The van der Waals surface area contributed by atoms with Crippen LogP contribution in [0.25, 0.3) is 0 Å². The van der Waals surface area contributed by atoms with Crippen molar-refractivity contribution in [2.45, 2.75) is 0 Å². The first kappa shape index (κ1) is 9.98. The van der Waals surface area contributed by atoms with Crippen LogP contribution in [0, 0.1) is 0 Å². The summed E-state index contributed by atoms with van der Waals surface area (Å²) in [6, 6.07) is 7.53. The second kappa shape index (κ2) is 4.79. The van der Waals surface area contributed by atoms with Gasteiger partial charge >= 0.3 is 0 Å². The average Bonchev–Trinajstić information content (AvgIpc) is 2.80. The Morgan fingerprint density at radius 2 is 2.27 bits per heavy atom. The minimum absolute atomic E-state index is 0.00165. The molecule has 0 atom stereocenters. The predicted octanol–water partition coefficient (Wildman–Crippen LogP) is 0.834. The first-order valence-electron chi connectivity index (χ1n) is 4.92. The number of benzene rings is 1. The zero-order valence-electron chi connectivity index (χ0n) is 8.35. The van der Waals surface area contributed by atoms with Crippen LogP contribution in [0.2, 0.25) is 0 Å². The summed E-state index contributed by atoms with van der Waals surface area (Å²) < 4.78 is 10.8. The summed E-state index contributed by atoms with van der Waals surface area (Å²) in [5.41, 5.74) is 0.850. The van der Waals surface area contributed by atoms with E-state index in [4.69, 9.17) is 14.6 Å². The molecule has 0 saturated heterocycles. The van der Waals surface area contributed by atoms with Gasteiger partial charge < -0.3 is 14.6 Å². The molecule has 0 fully saturated rings. The number of para-hydroxylation sites is 1. The van der Waals surface area contributed by atoms with Gasteiger partial charge in [0.2, 0.25) is 5.90 Å². The first-order valence-corrected chi connectivity index (χ1v) is 4.92. The molecule has 0 saturated carbocycles. The van der Waals surface area contributed by atoms with E-state index in [-0.39, 0.29) is 13.2 Å². The van der Waals surface area contributed by atoms with Gasteiger partial charge in [-0.25, -0.2) is 4.99 Å². The van der Waals surface area contributed by atoms with Gasteiger partial charge in [0.05, 0.1) is 18.7 Å². The standard InChI is InChI=1S/C11H13NO3/c13-6-8-14-10-4-2-1-3-9(10)11-12-5-7-15-11/h1-4,13H,5-8H2. The van der Waals surface area contributed by atoms with E-state index in [0.29, 0.717) is 24.8 Å². The lowest BCUT2D eigenvalue weighted by atomic mass is 10.2. The van der Waals surface area contributed by atoms with Crippen LogP contribution in [0.5, 0.6) is 5.75 Å². The van der Waals surface area contributed by atoms with Crippen LogP contribution in [-0.4, -0.2) is 37.4 Å². The van der Waals surface area contributed by atoms with E-state index in [1.165, 1.54) is 0 Å². The molecule has 1 N–H and O–H groups in total. The van der Waals surface area contributed by atoms with Gasteiger partial charge in [-0.15, -0.1) is 0 Å². The maximum atomic E-state index is 8.70. The van der Waals surface area contributed by atoms with E-state index in [2.05, 4.69) is 4.99 Å². The van der Waals surface area contributed by atoms with Crippen molar-refractivity contribution in [2.75, 3.05) is 26.4 Å². The minimum Gasteiger partial charge on any atom is -0.490 e. The van der Waals surface area contributed by atoms with Crippen LogP contribution in [0.4, 0.5) is 0 Å². The van der Waals surface area contributed by atoms with Gasteiger partial charge in [0.1, 0.15) is 19.0 Å².